The highest BCUT2D eigenvalue weighted by Crippen LogP contribution is 2.20. The van der Waals surface area contributed by atoms with Crippen molar-refractivity contribution in [1.29, 1.82) is 0 Å². The van der Waals surface area contributed by atoms with Crippen molar-refractivity contribution < 1.29 is 14.6 Å². The van der Waals surface area contributed by atoms with Gasteiger partial charge in [-0.25, -0.2) is 0 Å². The highest BCUT2D eigenvalue weighted by molar-refractivity contribution is 5.92. The molecule has 0 aliphatic carbocycles. The van der Waals surface area contributed by atoms with Gasteiger partial charge in [-0.3, -0.25) is 9.89 Å². The number of amides is 1. The molecule has 0 aliphatic rings. The van der Waals surface area contributed by atoms with Crippen molar-refractivity contribution in [3.63, 3.8) is 0 Å². The number of nitrogens with one attached hydrogen (secondary N) is 2. The number of nitrogens with zero attached hydrogens (tertiary/aromatic N) is 1. The summed E-state index contributed by atoms with van der Waals surface area (Å²) in [5.74, 6) is 0.698. The number of ether oxygens (including phenoxy) is 1. The number of hydrogen-bond donors (Lipinski definition) is 3. The molecule has 0 saturated carbocycles. The summed E-state index contributed by atoms with van der Waals surface area (Å²) in [6.07, 6.45) is 0.727. The lowest BCUT2D eigenvalue weighted by atomic mass is 10.0. The summed E-state index contributed by atoms with van der Waals surface area (Å²) in [4.78, 5) is 12.5. The fourth-order valence-electron chi connectivity index (χ4n) is 2.59. The number of phenolic OH excluding ortho intramolecular Hbond substituents is 1. The number of carbonyl (C=O) groups is 1. The van der Waals surface area contributed by atoms with Crippen LogP contribution in [0.1, 0.15) is 41.1 Å². The Labute approximate surface area is 151 Å². The van der Waals surface area contributed by atoms with Gasteiger partial charge in [0.25, 0.3) is 5.91 Å². The van der Waals surface area contributed by atoms with Crippen molar-refractivity contribution in [3.05, 3.63) is 77.6 Å². The van der Waals surface area contributed by atoms with Crippen LogP contribution in [-0.4, -0.2) is 21.2 Å². The Bertz CT molecular complexity index is 844. The molecular weight excluding hydrogens is 330 g/mol. The molecule has 0 spiro atoms. The predicted octanol–water partition coefficient (Wildman–Crippen LogP) is 3.58. The van der Waals surface area contributed by atoms with Gasteiger partial charge in [0, 0.05) is 0 Å². The molecule has 0 aliphatic heterocycles. The zero-order valence-electron chi connectivity index (χ0n) is 14.5. The van der Waals surface area contributed by atoms with Crippen LogP contribution in [0.2, 0.25) is 0 Å². The van der Waals surface area contributed by atoms with Gasteiger partial charge in [0.15, 0.2) is 0 Å². The van der Waals surface area contributed by atoms with E-state index in [4.69, 9.17) is 4.74 Å². The van der Waals surface area contributed by atoms with E-state index in [-0.39, 0.29) is 17.7 Å². The van der Waals surface area contributed by atoms with Crippen LogP contribution >= 0.6 is 0 Å². The number of aromatic amines is 1. The van der Waals surface area contributed by atoms with Crippen molar-refractivity contribution in [2.75, 3.05) is 0 Å². The lowest BCUT2D eigenvalue weighted by molar-refractivity contribution is 0.0930. The number of H-pyrrole nitrogens is 1. The second-order valence-electron chi connectivity index (χ2n) is 5.91. The molecule has 0 fully saturated rings. The Kier molecular flexibility index (Phi) is 5.53. The summed E-state index contributed by atoms with van der Waals surface area (Å²) in [6, 6.07) is 17.8. The van der Waals surface area contributed by atoms with Gasteiger partial charge in [0.2, 0.25) is 0 Å². The third-order valence-electron chi connectivity index (χ3n) is 4.01. The molecule has 3 rings (SSSR count). The fraction of sp³-hybridized carbons (Fsp3) is 0.200. The van der Waals surface area contributed by atoms with Crippen molar-refractivity contribution in [2.45, 2.75) is 26.0 Å². The van der Waals surface area contributed by atoms with Gasteiger partial charge in [-0.05, 0) is 42.3 Å². The van der Waals surface area contributed by atoms with Crippen molar-refractivity contribution in [3.8, 4) is 11.5 Å². The van der Waals surface area contributed by atoms with Crippen LogP contribution in [0.3, 0.4) is 0 Å². The first-order valence-electron chi connectivity index (χ1n) is 8.47. The number of benzene rings is 2. The van der Waals surface area contributed by atoms with Crippen LogP contribution in [-0.2, 0) is 6.61 Å². The Morgan fingerprint density at radius 3 is 2.62 bits per heavy atom. The maximum absolute atomic E-state index is 12.5. The normalized spacial score (nSPS) is 11.7. The van der Waals surface area contributed by atoms with E-state index in [0.29, 0.717) is 12.3 Å². The summed E-state index contributed by atoms with van der Waals surface area (Å²) in [5.41, 5.74) is 1.97. The monoisotopic (exact) mass is 351 g/mol. The summed E-state index contributed by atoms with van der Waals surface area (Å²) >= 11 is 0. The molecule has 0 bridgehead atoms. The Morgan fingerprint density at radius 1 is 1.19 bits per heavy atom. The van der Waals surface area contributed by atoms with Crippen LogP contribution in [0.25, 0.3) is 0 Å². The molecule has 0 radical (unpaired) electrons. The first kappa shape index (κ1) is 17.5. The number of phenols is 1. The van der Waals surface area contributed by atoms with Gasteiger partial charge >= 0.3 is 0 Å². The predicted molar refractivity (Wildman–Crippen MR) is 98.0 cm³/mol. The molecular formula is C20H21N3O3. The Hall–Kier alpha value is -3.28. The van der Waals surface area contributed by atoms with Crippen LogP contribution in [0.5, 0.6) is 11.5 Å². The minimum atomic E-state index is -0.257. The molecule has 134 valence electrons. The second kappa shape index (κ2) is 8.20. The van der Waals surface area contributed by atoms with Gasteiger partial charge in [0.1, 0.15) is 23.8 Å². The maximum Gasteiger partial charge on any atom is 0.272 e. The molecule has 1 aromatic heterocycles. The SMILES string of the molecule is CC[C@H](NC(=O)c1cc(COc2ccccc2)[nH]n1)c1ccc(O)cc1. The lowest BCUT2D eigenvalue weighted by Crippen LogP contribution is -2.28. The van der Waals surface area contributed by atoms with Gasteiger partial charge in [-0.2, -0.15) is 5.10 Å². The van der Waals surface area contributed by atoms with E-state index in [1.807, 2.05) is 37.3 Å². The summed E-state index contributed by atoms with van der Waals surface area (Å²) in [5, 5.41) is 19.2. The first-order chi connectivity index (χ1) is 12.7. The largest absolute Gasteiger partial charge is 0.508 e. The Balaban J connectivity index is 1.60. The summed E-state index contributed by atoms with van der Waals surface area (Å²) in [7, 11) is 0. The van der Waals surface area contributed by atoms with E-state index in [1.54, 1.807) is 30.3 Å². The molecule has 1 atom stereocenters. The smallest absolute Gasteiger partial charge is 0.272 e. The number of rotatable bonds is 7. The molecule has 1 heterocycles. The van der Waals surface area contributed by atoms with Gasteiger partial charge < -0.3 is 15.2 Å². The second-order valence-corrected chi connectivity index (χ2v) is 5.91. The zero-order chi connectivity index (χ0) is 18.4. The van der Waals surface area contributed by atoms with E-state index in [9.17, 15) is 9.90 Å². The van der Waals surface area contributed by atoms with E-state index in [2.05, 4.69) is 15.5 Å². The van der Waals surface area contributed by atoms with Crippen molar-refractivity contribution in [1.82, 2.24) is 15.5 Å². The molecule has 6 heteroatoms. The van der Waals surface area contributed by atoms with E-state index >= 15 is 0 Å². The van der Waals surface area contributed by atoms with Crippen LogP contribution in [0.15, 0.2) is 60.7 Å². The lowest BCUT2D eigenvalue weighted by Gasteiger charge is -2.16. The third kappa shape index (κ3) is 4.42. The molecule has 6 nitrogen and oxygen atoms in total. The average molecular weight is 351 g/mol. The van der Waals surface area contributed by atoms with E-state index in [1.165, 1.54) is 0 Å². The van der Waals surface area contributed by atoms with Gasteiger partial charge in [0.05, 0.1) is 11.7 Å². The zero-order valence-corrected chi connectivity index (χ0v) is 14.5. The molecule has 3 aromatic rings. The van der Waals surface area contributed by atoms with Crippen LogP contribution < -0.4 is 10.1 Å². The highest BCUT2D eigenvalue weighted by atomic mass is 16.5. The van der Waals surface area contributed by atoms with Gasteiger partial charge in [-0.15, -0.1) is 0 Å². The standard InChI is InChI=1S/C20H21N3O3/c1-2-18(14-8-10-16(24)11-9-14)21-20(25)19-12-15(22-23-19)13-26-17-6-4-3-5-7-17/h3-12,18,24H,2,13H2,1H3,(H,21,25)(H,22,23)/t18-/m0/s1. The van der Waals surface area contributed by atoms with Crippen LogP contribution in [0, 0.1) is 0 Å². The minimum absolute atomic E-state index is 0.149. The number of carbonyl (C=O) groups excluding carboxylic acids is 1. The average Bonchev–Trinajstić information content (AvgIpc) is 3.15. The molecule has 1 amide bonds. The highest BCUT2D eigenvalue weighted by Gasteiger charge is 2.16. The van der Waals surface area contributed by atoms with Crippen LogP contribution in [0.4, 0.5) is 0 Å². The number of aromatic hydroxyl groups is 1. The molecule has 0 unspecified atom stereocenters. The summed E-state index contributed by atoms with van der Waals surface area (Å²) < 4.78 is 5.64. The first-order valence-corrected chi connectivity index (χ1v) is 8.47. The molecule has 3 N–H and O–H groups in total. The fourth-order valence-corrected chi connectivity index (χ4v) is 2.59. The number of para-hydroxylation sites is 1. The van der Waals surface area contributed by atoms with Crippen molar-refractivity contribution >= 4 is 5.91 Å². The number of aromatic nitrogens is 2. The number of hydrogen-bond acceptors (Lipinski definition) is 4. The minimum Gasteiger partial charge on any atom is -0.508 e. The summed E-state index contributed by atoms with van der Waals surface area (Å²) in [6.45, 7) is 2.29. The van der Waals surface area contributed by atoms with Crippen molar-refractivity contribution in [2.24, 2.45) is 0 Å². The maximum atomic E-state index is 12.5. The quantitative estimate of drug-likeness (QED) is 0.607. The van der Waals surface area contributed by atoms with E-state index in [0.717, 1.165) is 23.4 Å². The molecule has 26 heavy (non-hydrogen) atoms. The van der Waals surface area contributed by atoms with Gasteiger partial charge in [-0.1, -0.05) is 37.3 Å². The molecule has 2 aromatic carbocycles. The Morgan fingerprint density at radius 2 is 1.92 bits per heavy atom. The molecule has 0 saturated heterocycles. The van der Waals surface area contributed by atoms with E-state index < -0.39 is 0 Å². The topological polar surface area (TPSA) is 87.2 Å². The third-order valence-corrected chi connectivity index (χ3v) is 4.01.